The number of azo groups is 1. The van der Waals surface area contributed by atoms with Gasteiger partial charge in [-0.05, 0) is 76.4 Å². The van der Waals surface area contributed by atoms with Crippen LogP contribution in [-0.2, 0) is 25.7 Å². The molecule has 2 aromatic carbocycles. The number of carbonyl (C=O) groups excluding carboxylic acids is 5. The number of imide groups is 1. The summed E-state index contributed by atoms with van der Waals surface area (Å²) < 4.78 is 10.8. The van der Waals surface area contributed by atoms with Gasteiger partial charge in [0.15, 0.2) is 5.78 Å². The van der Waals surface area contributed by atoms with E-state index >= 15 is 0 Å². The van der Waals surface area contributed by atoms with Crippen LogP contribution in [0.3, 0.4) is 0 Å². The molecule has 0 saturated carbocycles. The smallest absolute Gasteiger partial charge is 0.407 e. The predicted molar refractivity (Wildman–Crippen MR) is 166 cm³/mol. The molecule has 1 fully saturated rings. The second-order valence-corrected chi connectivity index (χ2v) is 12.2. The van der Waals surface area contributed by atoms with E-state index in [0.717, 1.165) is 32.1 Å². The summed E-state index contributed by atoms with van der Waals surface area (Å²) in [5.41, 5.74) is 1.75. The number of benzene rings is 2. The van der Waals surface area contributed by atoms with Crippen LogP contribution >= 0.6 is 0 Å². The Hall–Kier alpha value is -4.61. The zero-order chi connectivity index (χ0) is 32.4. The van der Waals surface area contributed by atoms with Crippen molar-refractivity contribution in [1.82, 2.24) is 15.5 Å². The molecular weight excluding hydrogens is 578 g/mol. The zero-order valence-electron chi connectivity index (χ0n) is 26.1. The van der Waals surface area contributed by atoms with E-state index in [2.05, 4.69) is 20.9 Å². The highest BCUT2D eigenvalue weighted by Gasteiger charge is 2.39. The Balaban J connectivity index is 1.15. The maximum atomic E-state index is 13.0. The van der Waals surface area contributed by atoms with Gasteiger partial charge in [0.1, 0.15) is 24.0 Å². The van der Waals surface area contributed by atoms with Crippen molar-refractivity contribution in [2.24, 2.45) is 10.2 Å². The summed E-state index contributed by atoms with van der Waals surface area (Å²) in [7, 11) is 0. The Morgan fingerprint density at radius 2 is 1.71 bits per heavy atom. The number of Topliss-reactive ketones (excluding diaryl/α,β-unsaturated/α-hetero) is 1. The molecule has 4 rings (SSSR count). The third-order valence-corrected chi connectivity index (χ3v) is 7.37. The van der Waals surface area contributed by atoms with Gasteiger partial charge in [-0.15, -0.1) is 0 Å². The first-order valence-corrected chi connectivity index (χ1v) is 15.4. The standard InChI is InChI=1S/C33H41N5O7/c1-33(2,3)45-32(43)34-19-8-6-4-5-7-10-23(39)21-44-24-15-13-22(14-16-24)36-37-27-12-9-11-25-26(27)20-38(31(25)42)28-17-18-29(40)35-30(28)41/h9,11-16,28H,4-8,10,17-21H2,1-3H3,(H,34,43)(H,35,40,41). The van der Waals surface area contributed by atoms with E-state index in [-0.39, 0.29) is 37.2 Å². The summed E-state index contributed by atoms with van der Waals surface area (Å²) in [6.45, 7) is 6.26. The fraction of sp³-hybridized carbons (Fsp3) is 0.485. The van der Waals surface area contributed by atoms with Crippen LogP contribution in [0.1, 0.15) is 88.1 Å². The number of nitrogens with one attached hydrogen (secondary N) is 2. The van der Waals surface area contributed by atoms with Crippen molar-refractivity contribution >= 4 is 41.0 Å². The molecule has 45 heavy (non-hydrogen) atoms. The van der Waals surface area contributed by atoms with Gasteiger partial charge in [-0.2, -0.15) is 10.2 Å². The monoisotopic (exact) mass is 619 g/mol. The number of rotatable bonds is 14. The van der Waals surface area contributed by atoms with Gasteiger partial charge in [-0.1, -0.05) is 25.3 Å². The van der Waals surface area contributed by atoms with Gasteiger partial charge in [0, 0.05) is 37.1 Å². The minimum Gasteiger partial charge on any atom is -0.486 e. The van der Waals surface area contributed by atoms with Crippen LogP contribution in [0.4, 0.5) is 16.2 Å². The number of carbonyl (C=O) groups is 5. The van der Waals surface area contributed by atoms with Gasteiger partial charge in [-0.3, -0.25) is 24.5 Å². The van der Waals surface area contributed by atoms with Crippen molar-refractivity contribution < 1.29 is 33.4 Å². The highest BCUT2D eigenvalue weighted by molar-refractivity contribution is 6.06. The molecule has 12 nitrogen and oxygen atoms in total. The van der Waals surface area contributed by atoms with Crippen LogP contribution in [0.15, 0.2) is 52.7 Å². The van der Waals surface area contributed by atoms with E-state index in [1.165, 1.54) is 4.90 Å². The number of unbranched alkanes of at least 4 members (excludes halogenated alkanes) is 4. The lowest BCUT2D eigenvalue weighted by atomic mass is 10.0. The Labute approximate surface area is 262 Å². The highest BCUT2D eigenvalue weighted by Crippen LogP contribution is 2.34. The number of piperidine rings is 1. The van der Waals surface area contributed by atoms with E-state index in [9.17, 15) is 24.0 Å². The maximum Gasteiger partial charge on any atom is 0.407 e. The lowest BCUT2D eigenvalue weighted by Crippen LogP contribution is -2.52. The van der Waals surface area contributed by atoms with Crippen molar-refractivity contribution in [3.05, 3.63) is 53.6 Å². The minimum atomic E-state index is -0.696. The first kappa shape index (κ1) is 33.3. The van der Waals surface area contributed by atoms with Gasteiger partial charge in [0.25, 0.3) is 5.91 Å². The molecule has 1 unspecified atom stereocenters. The second-order valence-electron chi connectivity index (χ2n) is 12.2. The number of amides is 4. The minimum absolute atomic E-state index is 0.00543. The van der Waals surface area contributed by atoms with E-state index in [0.29, 0.717) is 47.6 Å². The molecule has 2 N–H and O–H groups in total. The molecule has 2 heterocycles. The SMILES string of the molecule is CC(C)(C)OC(=O)NCCCCCCCC(=O)COc1ccc(N=Nc2cccc3c2CN(C2CCC(=O)NC2=O)C3=O)cc1. The number of fused-ring (bicyclic) bond motifs is 1. The van der Waals surface area contributed by atoms with Crippen molar-refractivity contribution in [2.45, 2.75) is 90.3 Å². The Morgan fingerprint density at radius 1 is 0.978 bits per heavy atom. The fourth-order valence-electron chi connectivity index (χ4n) is 5.10. The van der Waals surface area contributed by atoms with Crippen molar-refractivity contribution in [1.29, 1.82) is 0 Å². The summed E-state index contributed by atoms with van der Waals surface area (Å²) in [6, 6.07) is 11.4. The molecule has 1 saturated heterocycles. The third kappa shape index (κ3) is 9.95. The number of ketones is 1. The largest absolute Gasteiger partial charge is 0.486 e. The van der Waals surface area contributed by atoms with Gasteiger partial charge in [-0.25, -0.2) is 4.79 Å². The van der Waals surface area contributed by atoms with Gasteiger partial charge >= 0.3 is 6.09 Å². The Morgan fingerprint density at radius 3 is 2.44 bits per heavy atom. The molecule has 0 spiro atoms. The number of hydrogen-bond donors (Lipinski definition) is 2. The van der Waals surface area contributed by atoms with E-state index < -0.39 is 23.6 Å². The molecule has 0 aliphatic carbocycles. The van der Waals surface area contributed by atoms with E-state index in [1.807, 2.05) is 20.8 Å². The topological polar surface area (TPSA) is 156 Å². The molecule has 0 radical (unpaired) electrons. The molecular formula is C33H41N5O7. The summed E-state index contributed by atoms with van der Waals surface area (Å²) in [5.74, 6) is -0.478. The third-order valence-electron chi connectivity index (χ3n) is 7.37. The zero-order valence-corrected chi connectivity index (χ0v) is 26.1. The van der Waals surface area contributed by atoms with Crippen LogP contribution in [-0.4, -0.2) is 59.3 Å². The molecule has 2 aliphatic rings. The van der Waals surface area contributed by atoms with Crippen LogP contribution < -0.4 is 15.4 Å². The first-order valence-electron chi connectivity index (χ1n) is 15.4. The quantitative estimate of drug-likeness (QED) is 0.157. The molecule has 0 aromatic heterocycles. The highest BCUT2D eigenvalue weighted by atomic mass is 16.6. The number of alkyl carbamates (subject to hydrolysis) is 1. The lowest BCUT2D eigenvalue weighted by Gasteiger charge is -2.29. The molecule has 1 atom stereocenters. The molecule has 2 aliphatic heterocycles. The Kier molecular flexibility index (Phi) is 11.4. The van der Waals surface area contributed by atoms with Gasteiger partial charge in [0.2, 0.25) is 11.8 Å². The normalized spacial score (nSPS) is 16.5. The maximum absolute atomic E-state index is 13.0. The van der Waals surface area contributed by atoms with Crippen LogP contribution in [0.5, 0.6) is 5.75 Å². The predicted octanol–water partition coefficient (Wildman–Crippen LogP) is 5.68. The van der Waals surface area contributed by atoms with E-state index in [4.69, 9.17) is 9.47 Å². The number of ether oxygens (including phenoxy) is 2. The summed E-state index contributed by atoms with van der Waals surface area (Å²) in [5, 5.41) is 13.7. The second kappa shape index (κ2) is 15.4. The summed E-state index contributed by atoms with van der Waals surface area (Å²) in [4.78, 5) is 62.2. The van der Waals surface area contributed by atoms with E-state index in [1.54, 1.807) is 42.5 Å². The molecule has 240 valence electrons. The average Bonchev–Trinajstić information content (AvgIpc) is 3.32. The van der Waals surface area contributed by atoms with Crippen molar-refractivity contribution in [3.8, 4) is 5.75 Å². The summed E-state index contributed by atoms with van der Waals surface area (Å²) in [6.07, 6.45) is 5.08. The van der Waals surface area contributed by atoms with Crippen LogP contribution in [0.2, 0.25) is 0 Å². The molecule has 0 bridgehead atoms. The van der Waals surface area contributed by atoms with Gasteiger partial charge < -0.3 is 19.7 Å². The lowest BCUT2D eigenvalue weighted by molar-refractivity contribution is -0.137. The summed E-state index contributed by atoms with van der Waals surface area (Å²) >= 11 is 0. The molecule has 2 aromatic rings. The van der Waals surface area contributed by atoms with Crippen LogP contribution in [0, 0.1) is 0 Å². The fourth-order valence-corrected chi connectivity index (χ4v) is 5.10. The van der Waals surface area contributed by atoms with Crippen molar-refractivity contribution in [3.63, 3.8) is 0 Å². The molecule has 4 amide bonds. The average molecular weight is 620 g/mol. The number of nitrogens with zero attached hydrogens (tertiary/aromatic N) is 3. The van der Waals surface area contributed by atoms with Gasteiger partial charge in [0.05, 0.1) is 11.4 Å². The molecule has 12 heteroatoms. The number of hydrogen-bond acceptors (Lipinski definition) is 9. The van der Waals surface area contributed by atoms with Crippen LogP contribution in [0.25, 0.3) is 0 Å². The van der Waals surface area contributed by atoms with Crippen molar-refractivity contribution in [2.75, 3.05) is 13.2 Å². The Bertz CT molecular complexity index is 1430. The first-order chi connectivity index (χ1) is 21.5.